The van der Waals surface area contributed by atoms with Crippen molar-refractivity contribution in [2.75, 3.05) is 12.4 Å². The highest BCUT2D eigenvalue weighted by Gasteiger charge is 2.40. The highest BCUT2D eigenvalue weighted by Crippen LogP contribution is 2.31. The van der Waals surface area contributed by atoms with Gasteiger partial charge >= 0.3 is 0 Å². The van der Waals surface area contributed by atoms with Crippen LogP contribution in [0.5, 0.6) is 0 Å². The third-order valence-corrected chi connectivity index (χ3v) is 6.98. The number of anilines is 1. The second-order valence-corrected chi connectivity index (χ2v) is 8.99. The molecule has 140 valence electrons. The lowest BCUT2D eigenvalue weighted by Gasteiger charge is -2.35. The van der Waals surface area contributed by atoms with Crippen molar-refractivity contribution in [2.24, 2.45) is 0 Å². The van der Waals surface area contributed by atoms with Gasteiger partial charge in [-0.05, 0) is 42.5 Å². The summed E-state index contributed by atoms with van der Waals surface area (Å²) in [5.41, 5.74) is 1.19. The molecule has 3 atom stereocenters. The summed E-state index contributed by atoms with van der Waals surface area (Å²) in [7, 11) is -2.36. The van der Waals surface area contributed by atoms with Crippen molar-refractivity contribution in [2.45, 2.75) is 31.5 Å². The Morgan fingerprint density at radius 1 is 1.38 bits per heavy atom. The highest BCUT2D eigenvalue weighted by atomic mass is 32.2. The zero-order valence-electron chi connectivity index (χ0n) is 14.4. The first-order chi connectivity index (χ1) is 12.3. The average molecular weight is 396 g/mol. The van der Waals surface area contributed by atoms with E-state index < -0.39 is 34.3 Å². The Labute approximate surface area is 156 Å². The number of thiophene rings is 1. The number of aliphatic hydroxyl groups is 1. The monoisotopic (exact) mass is 395 g/mol. The summed E-state index contributed by atoms with van der Waals surface area (Å²) in [6.45, 7) is 1.64. The molecule has 1 saturated heterocycles. The van der Waals surface area contributed by atoms with Crippen molar-refractivity contribution >= 4 is 33.1 Å². The van der Waals surface area contributed by atoms with E-state index in [2.05, 4.69) is 10.0 Å². The Kier molecular flexibility index (Phi) is 5.44. The topological polar surface area (TPSA) is 98.7 Å². The van der Waals surface area contributed by atoms with Crippen LogP contribution in [0.4, 0.5) is 5.69 Å². The Morgan fingerprint density at radius 2 is 2.15 bits per heavy atom. The summed E-state index contributed by atoms with van der Waals surface area (Å²) in [6.07, 6.45) is -0.324. The average Bonchev–Trinajstić information content (AvgIpc) is 3.11. The largest absolute Gasteiger partial charge is 0.389 e. The van der Waals surface area contributed by atoms with Crippen LogP contribution in [0, 0.1) is 0 Å². The first-order valence-corrected chi connectivity index (χ1v) is 10.5. The van der Waals surface area contributed by atoms with Gasteiger partial charge in [0.2, 0.25) is 5.91 Å². The normalized spacial score (nSPS) is 24.1. The van der Waals surface area contributed by atoms with Crippen molar-refractivity contribution < 1.29 is 18.3 Å². The second kappa shape index (κ2) is 7.45. The van der Waals surface area contributed by atoms with Gasteiger partial charge in [-0.3, -0.25) is 4.79 Å². The van der Waals surface area contributed by atoms with Gasteiger partial charge in [-0.1, -0.05) is 18.2 Å². The Hall–Kier alpha value is -1.78. The van der Waals surface area contributed by atoms with Gasteiger partial charge in [0.15, 0.2) is 0 Å². The fraction of sp³-hybridized carbons (Fsp3) is 0.353. The minimum absolute atomic E-state index is 0.332. The zero-order valence-corrected chi connectivity index (χ0v) is 16.0. The van der Waals surface area contributed by atoms with E-state index in [9.17, 15) is 18.3 Å². The molecule has 2 aromatic rings. The first-order valence-electron chi connectivity index (χ1n) is 8.15. The molecule has 26 heavy (non-hydrogen) atoms. The summed E-state index contributed by atoms with van der Waals surface area (Å²) in [5, 5.41) is 14.3. The third kappa shape index (κ3) is 3.97. The first kappa shape index (κ1) is 19.0. The minimum Gasteiger partial charge on any atom is -0.389 e. The van der Waals surface area contributed by atoms with Gasteiger partial charge in [0.25, 0.3) is 10.2 Å². The second-order valence-electron chi connectivity index (χ2n) is 6.25. The number of carbonyl (C=O) groups is 1. The number of nitrogens with zero attached hydrogens (tertiary/aromatic N) is 1. The van der Waals surface area contributed by atoms with E-state index in [1.807, 2.05) is 17.5 Å². The number of nitrogens with one attached hydrogen (secondary N) is 2. The number of hydrogen-bond acceptors (Lipinski definition) is 5. The van der Waals surface area contributed by atoms with Crippen molar-refractivity contribution in [3.63, 3.8) is 0 Å². The van der Waals surface area contributed by atoms with Crippen molar-refractivity contribution in [1.82, 2.24) is 9.03 Å². The lowest BCUT2D eigenvalue weighted by atomic mass is 10.0. The van der Waals surface area contributed by atoms with E-state index in [1.54, 1.807) is 31.2 Å². The van der Waals surface area contributed by atoms with Crippen LogP contribution in [-0.2, 0) is 15.0 Å². The number of hydrogen-bond donors (Lipinski definition) is 3. The summed E-state index contributed by atoms with van der Waals surface area (Å²) in [6, 6.07) is 9.31. The quantitative estimate of drug-likeness (QED) is 0.738. The van der Waals surface area contributed by atoms with Crippen LogP contribution < -0.4 is 10.0 Å². The van der Waals surface area contributed by atoms with Crippen molar-refractivity contribution in [3.8, 4) is 0 Å². The fourth-order valence-electron chi connectivity index (χ4n) is 2.89. The molecule has 0 aliphatic carbocycles. The van der Waals surface area contributed by atoms with Crippen molar-refractivity contribution in [1.29, 1.82) is 0 Å². The summed E-state index contributed by atoms with van der Waals surface area (Å²) in [4.78, 5) is 13.6. The van der Waals surface area contributed by atoms with Crippen LogP contribution in [0.15, 0.2) is 41.8 Å². The molecular formula is C17H21N3O4S2. The van der Waals surface area contributed by atoms with E-state index in [1.165, 1.54) is 18.4 Å². The van der Waals surface area contributed by atoms with Crippen LogP contribution in [0.25, 0.3) is 0 Å². The zero-order chi connectivity index (χ0) is 18.9. The minimum atomic E-state index is -3.76. The lowest BCUT2D eigenvalue weighted by molar-refractivity contribution is -0.120. The van der Waals surface area contributed by atoms with Gasteiger partial charge in [0.05, 0.1) is 12.1 Å². The molecule has 0 spiro atoms. The molecule has 1 aromatic carbocycles. The predicted molar refractivity (Wildman–Crippen MR) is 101 cm³/mol. The molecule has 1 aliphatic rings. The highest BCUT2D eigenvalue weighted by molar-refractivity contribution is 7.87. The molecule has 1 aromatic heterocycles. The standard InChI is InChI=1S/C17H21N3O4S2/c1-11(21)12-5-3-6-13(9-12)18-17(22)15-10-14(16-7-4-8-25-16)19-26(23,24)20(15)2/h3-9,11,14-15,19,21H,10H2,1-2H3,(H,18,22)/t11?,14-,15+/m0/s1. The molecule has 1 unspecified atom stereocenters. The van der Waals surface area contributed by atoms with E-state index in [0.29, 0.717) is 17.7 Å². The van der Waals surface area contributed by atoms with E-state index in [4.69, 9.17) is 0 Å². The van der Waals surface area contributed by atoms with Crippen LogP contribution in [-0.4, -0.2) is 36.8 Å². The van der Waals surface area contributed by atoms with E-state index in [0.717, 1.165) is 9.18 Å². The molecule has 1 fully saturated rings. The third-order valence-electron chi connectivity index (χ3n) is 4.39. The fourth-order valence-corrected chi connectivity index (χ4v) is 5.02. The molecule has 7 nitrogen and oxygen atoms in total. The summed E-state index contributed by atoms with van der Waals surface area (Å²) >= 11 is 1.45. The van der Waals surface area contributed by atoms with Crippen molar-refractivity contribution in [3.05, 3.63) is 52.2 Å². The smallest absolute Gasteiger partial charge is 0.280 e. The Morgan fingerprint density at radius 3 is 2.81 bits per heavy atom. The van der Waals surface area contributed by atoms with Gasteiger partial charge in [-0.15, -0.1) is 11.3 Å². The molecule has 1 amide bonds. The summed E-state index contributed by atoms with van der Waals surface area (Å²) < 4.78 is 28.5. The predicted octanol–water partition coefficient (Wildman–Crippen LogP) is 2.02. The summed E-state index contributed by atoms with van der Waals surface area (Å²) in [5.74, 6) is -0.401. The lowest BCUT2D eigenvalue weighted by Crippen LogP contribution is -2.55. The molecule has 0 saturated carbocycles. The van der Waals surface area contributed by atoms with Gasteiger partial charge in [-0.2, -0.15) is 17.4 Å². The molecule has 3 rings (SSSR count). The number of benzene rings is 1. The van der Waals surface area contributed by atoms with Gasteiger partial charge in [-0.25, -0.2) is 0 Å². The molecular weight excluding hydrogens is 374 g/mol. The maximum Gasteiger partial charge on any atom is 0.280 e. The van der Waals surface area contributed by atoms with Crippen LogP contribution in [0.1, 0.15) is 35.9 Å². The number of rotatable bonds is 4. The molecule has 0 radical (unpaired) electrons. The number of aliphatic hydroxyl groups excluding tert-OH is 1. The molecule has 2 heterocycles. The van der Waals surface area contributed by atoms with Crippen LogP contribution in [0.3, 0.4) is 0 Å². The van der Waals surface area contributed by atoms with Gasteiger partial charge in [0.1, 0.15) is 6.04 Å². The SMILES string of the molecule is CC(O)c1cccc(NC(=O)[C@H]2C[C@@H](c3cccs3)NS(=O)(=O)N2C)c1. The van der Waals surface area contributed by atoms with Crippen LogP contribution >= 0.6 is 11.3 Å². The number of amides is 1. The van der Waals surface area contributed by atoms with Crippen LogP contribution in [0.2, 0.25) is 0 Å². The molecule has 1 aliphatic heterocycles. The van der Waals surface area contributed by atoms with E-state index >= 15 is 0 Å². The Balaban J connectivity index is 1.81. The Bertz CT molecular complexity index is 881. The van der Waals surface area contributed by atoms with E-state index in [-0.39, 0.29) is 0 Å². The maximum absolute atomic E-state index is 12.8. The number of carbonyl (C=O) groups excluding carboxylic acids is 1. The van der Waals surface area contributed by atoms with Gasteiger partial charge < -0.3 is 10.4 Å². The number of likely N-dealkylation sites (N-methyl/N-ethyl adjacent to an activating group) is 1. The molecule has 9 heteroatoms. The maximum atomic E-state index is 12.8. The molecule has 0 bridgehead atoms. The van der Waals surface area contributed by atoms with Gasteiger partial charge in [0, 0.05) is 17.6 Å². The molecule has 3 N–H and O–H groups in total.